The van der Waals surface area contributed by atoms with E-state index in [4.69, 9.17) is 19.5 Å². The molecule has 53 heavy (non-hydrogen) atoms. The first-order valence-corrected chi connectivity index (χ1v) is 19.6. The molecule has 1 amide bonds. The molecule has 1 saturated heterocycles. The highest BCUT2D eigenvalue weighted by atomic mass is 31.3. The van der Waals surface area contributed by atoms with Crippen molar-refractivity contribution in [2.45, 2.75) is 56.8 Å². The summed E-state index contributed by atoms with van der Waals surface area (Å²) in [5.74, 6) is -0.391. The molecule has 2 aromatic heterocycles. The van der Waals surface area contributed by atoms with Gasteiger partial charge in [0, 0.05) is 13.0 Å². The Morgan fingerprint density at radius 3 is 2.42 bits per heavy atom. The highest BCUT2D eigenvalue weighted by molar-refractivity contribution is 7.61. The minimum absolute atomic E-state index is 0.0575. The molecule has 0 bridgehead atoms. The van der Waals surface area contributed by atoms with Crippen molar-refractivity contribution >= 4 is 71.0 Å². The van der Waals surface area contributed by atoms with Crippen molar-refractivity contribution in [1.82, 2.24) is 24.8 Å². The van der Waals surface area contributed by atoms with Gasteiger partial charge in [-0.25, -0.2) is 14.1 Å². The van der Waals surface area contributed by atoms with E-state index in [-0.39, 0.29) is 42.5 Å². The molecule has 3 heterocycles. The first-order valence-electron chi connectivity index (χ1n) is 16.6. The molecule has 2 unspecified atom stereocenters. The number of carbonyl (C=O) groups is 1. The van der Waals surface area contributed by atoms with Gasteiger partial charge in [-0.2, -0.15) is 9.29 Å². The predicted octanol–water partition coefficient (Wildman–Crippen LogP) is 3.35. The summed E-state index contributed by atoms with van der Waals surface area (Å²) in [6.45, 7) is -0.824. The van der Waals surface area contributed by atoms with Crippen molar-refractivity contribution in [3.05, 3.63) is 76.8 Å². The molecule has 280 valence electrons. The maximum Gasteiger partial charge on any atom is 0.481 e. The molecule has 6 atom stereocenters. The molecule has 1 aliphatic heterocycles. The van der Waals surface area contributed by atoms with Crippen LogP contribution in [0, 0.1) is 0 Å². The lowest BCUT2D eigenvalue weighted by molar-refractivity contribution is -0.121. The summed E-state index contributed by atoms with van der Waals surface area (Å²) >= 11 is 0. The Hall–Kier alpha value is -4.32. The molecule has 0 radical (unpaired) electrons. The van der Waals surface area contributed by atoms with E-state index in [1.54, 1.807) is 0 Å². The second kappa shape index (κ2) is 14.8. The Morgan fingerprint density at radius 1 is 0.943 bits per heavy atom. The lowest BCUT2D eigenvalue weighted by Crippen LogP contribution is -2.33. The van der Waals surface area contributed by atoms with Gasteiger partial charge in [0.25, 0.3) is 5.56 Å². The first kappa shape index (κ1) is 37.0. The number of aliphatic hydroxyl groups excluding tert-OH is 2. The van der Waals surface area contributed by atoms with Gasteiger partial charge < -0.3 is 35.8 Å². The topological polar surface area (TPSA) is 271 Å². The summed E-state index contributed by atoms with van der Waals surface area (Å²) in [6.07, 6.45) is -3.59. The highest BCUT2D eigenvalue weighted by Gasteiger charge is 2.46. The molecule has 6 aromatic rings. The lowest BCUT2D eigenvalue weighted by atomic mass is 9.92. The smallest absolute Gasteiger partial charge is 0.387 e. The van der Waals surface area contributed by atoms with E-state index in [0.29, 0.717) is 19.4 Å². The number of carbonyl (C=O) groups excluding carboxylic acids is 1. The number of hydrogen-bond donors (Lipinski definition) is 7. The van der Waals surface area contributed by atoms with Gasteiger partial charge in [-0.1, -0.05) is 61.0 Å². The van der Waals surface area contributed by atoms with Crippen LogP contribution in [-0.4, -0.2) is 77.0 Å². The first-order chi connectivity index (χ1) is 25.3. The van der Waals surface area contributed by atoms with Crippen LogP contribution in [-0.2, 0) is 38.6 Å². The van der Waals surface area contributed by atoms with Crippen molar-refractivity contribution in [3.8, 4) is 0 Å². The third-order valence-corrected chi connectivity index (χ3v) is 11.7. The van der Waals surface area contributed by atoms with Crippen LogP contribution in [0.15, 0.2) is 65.7 Å². The largest absolute Gasteiger partial charge is 0.481 e. The Balaban J connectivity index is 0.830. The zero-order valence-electron chi connectivity index (χ0n) is 27.9. The Bertz CT molecular complexity index is 2440. The maximum absolute atomic E-state index is 12.6. The quantitative estimate of drug-likeness (QED) is 0.0448. The Labute approximate surface area is 300 Å². The number of imidazole rings is 1. The van der Waals surface area contributed by atoms with E-state index < -0.39 is 52.4 Å². The number of phosphoric acid groups is 2. The molecule has 0 spiro atoms. The van der Waals surface area contributed by atoms with E-state index >= 15 is 0 Å². The van der Waals surface area contributed by atoms with E-state index in [2.05, 4.69) is 67.0 Å². The number of fused-ring (bicyclic) bond motifs is 1. The monoisotopic (exact) mass is 770 g/mol. The maximum atomic E-state index is 12.6. The summed E-state index contributed by atoms with van der Waals surface area (Å²) in [7, 11) is -10.3. The number of anilines is 1. The van der Waals surface area contributed by atoms with Crippen LogP contribution in [0.4, 0.5) is 5.95 Å². The van der Waals surface area contributed by atoms with Crippen molar-refractivity contribution in [2.24, 2.45) is 0 Å². The fraction of sp³-hybridized carbons (Fsp3) is 0.333. The Morgan fingerprint density at radius 2 is 1.64 bits per heavy atom. The molecular weight excluding hydrogens is 734 g/mol. The molecule has 1 aliphatic rings. The molecule has 18 nitrogen and oxygen atoms in total. The molecule has 0 saturated carbocycles. The third-order valence-electron chi connectivity index (χ3n) is 9.07. The third kappa shape index (κ3) is 7.84. The Kier molecular flexibility index (Phi) is 10.4. The molecule has 0 aliphatic carbocycles. The summed E-state index contributed by atoms with van der Waals surface area (Å²) in [5, 5.41) is 30.9. The van der Waals surface area contributed by atoms with Crippen LogP contribution >= 0.6 is 15.6 Å². The second-order valence-corrected chi connectivity index (χ2v) is 15.7. The number of rotatable bonds is 15. The molecular formula is C33H36N6O12P2. The number of nitrogens with zero attached hydrogens (tertiary/aromatic N) is 3. The van der Waals surface area contributed by atoms with Gasteiger partial charge in [-0.15, -0.1) is 0 Å². The number of hydrogen-bond acceptors (Lipinski definition) is 13. The van der Waals surface area contributed by atoms with Crippen molar-refractivity contribution in [1.29, 1.82) is 0 Å². The van der Waals surface area contributed by atoms with Gasteiger partial charge in [0.1, 0.15) is 18.3 Å². The van der Waals surface area contributed by atoms with Crippen molar-refractivity contribution in [2.75, 3.05) is 18.9 Å². The molecule has 4 aromatic carbocycles. The fourth-order valence-electron chi connectivity index (χ4n) is 6.55. The molecule has 7 rings (SSSR count). The van der Waals surface area contributed by atoms with E-state index in [0.717, 1.165) is 38.0 Å². The van der Waals surface area contributed by atoms with Crippen molar-refractivity contribution < 1.29 is 52.0 Å². The fourth-order valence-corrected chi connectivity index (χ4v) is 8.66. The van der Waals surface area contributed by atoms with Crippen LogP contribution in [0.1, 0.15) is 37.5 Å². The number of nitrogen functional groups attached to an aromatic ring is 1. The minimum Gasteiger partial charge on any atom is -0.387 e. The van der Waals surface area contributed by atoms with Gasteiger partial charge in [0.15, 0.2) is 17.4 Å². The number of ether oxygens (including phenoxy) is 1. The van der Waals surface area contributed by atoms with Crippen LogP contribution in [0.2, 0.25) is 0 Å². The number of nitrogens with one attached hydrogen (secondary N) is 2. The number of nitrogens with two attached hydrogens (primary N) is 1. The van der Waals surface area contributed by atoms with Crippen LogP contribution in [0.3, 0.4) is 0 Å². The number of aromatic amines is 1. The summed E-state index contributed by atoms with van der Waals surface area (Å²) in [5.41, 5.74) is 5.76. The summed E-state index contributed by atoms with van der Waals surface area (Å²) < 4.78 is 45.4. The van der Waals surface area contributed by atoms with Gasteiger partial charge >= 0.3 is 15.6 Å². The SMILES string of the molecule is Nc1nc2c(ncn2[C@@H]2O[C@H](COP(=O)(O)OP(=O)(O)OCCCCCC(=O)NCc3ccc4ccc5cccc6ccc3c4c56)[C@@H](O)[C@H]2O)c(=O)[nH]1. The van der Waals surface area contributed by atoms with Gasteiger partial charge in [-0.05, 0) is 50.7 Å². The number of H-pyrrole nitrogens is 1. The summed E-state index contributed by atoms with van der Waals surface area (Å²) in [6, 6.07) is 18.7. The zero-order valence-corrected chi connectivity index (χ0v) is 29.7. The average molecular weight is 771 g/mol. The van der Waals surface area contributed by atoms with E-state index in [1.807, 2.05) is 12.1 Å². The van der Waals surface area contributed by atoms with Gasteiger partial charge in [0.2, 0.25) is 11.9 Å². The average Bonchev–Trinajstić information content (AvgIpc) is 3.66. The van der Waals surface area contributed by atoms with Crippen molar-refractivity contribution in [3.63, 3.8) is 0 Å². The number of unbranched alkanes of at least 4 members (excludes halogenated alkanes) is 2. The normalized spacial score (nSPS) is 21.4. The number of aliphatic hydroxyl groups is 2. The number of aromatic nitrogens is 4. The van der Waals surface area contributed by atoms with Crippen LogP contribution in [0.5, 0.6) is 0 Å². The van der Waals surface area contributed by atoms with Gasteiger partial charge in [0.05, 0.1) is 19.5 Å². The number of phosphoric ester groups is 2. The van der Waals surface area contributed by atoms with E-state index in [9.17, 15) is 38.7 Å². The number of benzene rings is 4. The highest BCUT2D eigenvalue weighted by Crippen LogP contribution is 2.60. The van der Waals surface area contributed by atoms with Gasteiger partial charge in [-0.3, -0.25) is 28.2 Å². The predicted molar refractivity (Wildman–Crippen MR) is 192 cm³/mol. The van der Waals surface area contributed by atoms with E-state index in [1.165, 1.54) is 10.8 Å². The summed E-state index contributed by atoms with van der Waals surface area (Å²) in [4.78, 5) is 54.9. The molecule has 1 fully saturated rings. The molecule has 8 N–H and O–H groups in total. The second-order valence-electron chi connectivity index (χ2n) is 12.6. The number of amides is 1. The minimum atomic E-state index is -5.24. The lowest BCUT2D eigenvalue weighted by Gasteiger charge is -2.19. The molecule has 20 heteroatoms. The van der Waals surface area contributed by atoms with Crippen LogP contribution in [0.25, 0.3) is 43.5 Å². The zero-order chi connectivity index (χ0) is 37.5. The van der Waals surface area contributed by atoms with Crippen LogP contribution < -0.4 is 16.6 Å². The standard InChI is InChI=1S/C33H36N6O12P2/c34-33-37-30-27(31(43)38-33)36-17-39(30)32-29(42)28(41)23(50-32)16-49-53(46,47)51-52(44,45)48-14-3-1-2-7-24(40)35-15-21-11-10-20-9-8-18-5-4-6-19-12-13-22(21)26(20)25(18)19/h4-6,8-13,17,23,28-29,32,41-42H,1-3,7,14-16H2,(H,35,40)(H,44,45)(H,46,47)(H3,34,37,38,43)/t23-,28-,29-,32-/m1/s1.